The maximum Gasteiger partial charge on any atom is 0.255 e. The van der Waals surface area contributed by atoms with Gasteiger partial charge in [-0.2, -0.15) is 0 Å². The zero-order chi connectivity index (χ0) is 21.2. The number of nitrogens with zero attached hydrogens (tertiary/aromatic N) is 1. The summed E-state index contributed by atoms with van der Waals surface area (Å²) in [6, 6.07) is 8.70. The van der Waals surface area contributed by atoms with E-state index in [0.29, 0.717) is 11.4 Å². The van der Waals surface area contributed by atoms with Gasteiger partial charge < -0.3 is 10.1 Å². The Labute approximate surface area is 167 Å². The van der Waals surface area contributed by atoms with Crippen LogP contribution in [0.15, 0.2) is 30.3 Å². The minimum absolute atomic E-state index is 0.215. The SMILES string of the molecule is COc1ccc(N(C)S(C)(=O)=O)cc1C(=O)NC(C)c1cc(C)c(C)cc1C. The molecule has 0 aromatic heterocycles. The van der Waals surface area contributed by atoms with Gasteiger partial charge in [0.2, 0.25) is 10.0 Å². The van der Waals surface area contributed by atoms with Gasteiger partial charge in [0, 0.05) is 7.05 Å². The number of nitrogens with one attached hydrogen (secondary N) is 1. The van der Waals surface area contributed by atoms with Crippen molar-refractivity contribution in [3.05, 3.63) is 58.1 Å². The van der Waals surface area contributed by atoms with E-state index >= 15 is 0 Å². The normalized spacial score (nSPS) is 12.4. The van der Waals surface area contributed by atoms with Gasteiger partial charge in [-0.15, -0.1) is 0 Å². The Morgan fingerprint density at radius 3 is 2.25 bits per heavy atom. The maximum absolute atomic E-state index is 12.9. The molecule has 2 aromatic carbocycles. The third-order valence-corrected chi connectivity index (χ3v) is 6.19. The van der Waals surface area contributed by atoms with Crippen LogP contribution < -0.4 is 14.4 Å². The zero-order valence-corrected chi connectivity index (χ0v) is 18.3. The molecule has 0 radical (unpaired) electrons. The first-order chi connectivity index (χ1) is 13.0. The molecule has 0 fully saturated rings. The van der Waals surface area contributed by atoms with Crippen molar-refractivity contribution in [3.8, 4) is 5.75 Å². The monoisotopic (exact) mass is 404 g/mol. The Bertz CT molecular complexity index is 1000. The first kappa shape index (κ1) is 21.8. The second kappa shape index (κ2) is 8.22. The molecule has 0 heterocycles. The largest absolute Gasteiger partial charge is 0.496 e. The highest BCUT2D eigenvalue weighted by atomic mass is 32.2. The lowest BCUT2D eigenvalue weighted by molar-refractivity contribution is 0.0936. The van der Waals surface area contributed by atoms with Crippen LogP contribution in [-0.2, 0) is 10.0 Å². The number of rotatable bonds is 6. The second-order valence-corrected chi connectivity index (χ2v) is 9.12. The molecule has 0 spiro atoms. The molecule has 2 aromatic rings. The number of anilines is 1. The molecule has 1 N–H and O–H groups in total. The molecule has 28 heavy (non-hydrogen) atoms. The van der Waals surface area contributed by atoms with Crippen LogP contribution in [0, 0.1) is 20.8 Å². The third kappa shape index (κ3) is 4.65. The number of methoxy groups -OCH3 is 1. The van der Waals surface area contributed by atoms with Crippen LogP contribution in [-0.4, -0.2) is 34.7 Å². The van der Waals surface area contributed by atoms with E-state index in [1.807, 2.05) is 20.8 Å². The number of ether oxygens (including phenoxy) is 1. The van der Waals surface area contributed by atoms with E-state index in [9.17, 15) is 13.2 Å². The summed E-state index contributed by atoms with van der Waals surface area (Å²) in [7, 11) is -0.518. The van der Waals surface area contributed by atoms with Crippen molar-refractivity contribution in [3.63, 3.8) is 0 Å². The van der Waals surface area contributed by atoms with Gasteiger partial charge in [0.1, 0.15) is 5.75 Å². The Hall–Kier alpha value is -2.54. The molecule has 0 aliphatic rings. The van der Waals surface area contributed by atoms with Crippen LogP contribution in [0.2, 0.25) is 0 Å². The van der Waals surface area contributed by atoms with Crippen LogP contribution in [0.1, 0.15) is 45.6 Å². The molecule has 0 aliphatic heterocycles. The van der Waals surface area contributed by atoms with Crippen LogP contribution in [0.25, 0.3) is 0 Å². The first-order valence-corrected chi connectivity index (χ1v) is 10.8. The van der Waals surface area contributed by atoms with Gasteiger partial charge in [-0.1, -0.05) is 12.1 Å². The molecule has 0 saturated heterocycles. The number of amides is 1. The Balaban J connectivity index is 2.36. The molecule has 1 unspecified atom stereocenters. The number of carbonyl (C=O) groups excluding carboxylic acids is 1. The van der Waals surface area contributed by atoms with Crippen LogP contribution in [0.3, 0.4) is 0 Å². The smallest absolute Gasteiger partial charge is 0.255 e. The standard InChI is InChI=1S/C21H28N2O4S/c1-13-10-15(3)18(11-14(13)2)16(4)22-21(24)19-12-17(8-9-20(19)27-6)23(5)28(7,25)26/h8-12,16H,1-7H3,(H,22,24). The van der Waals surface area contributed by atoms with Gasteiger partial charge in [-0.3, -0.25) is 9.10 Å². The summed E-state index contributed by atoms with van der Waals surface area (Å²) in [5.74, 6) is 0.0536. The van der Waals surface area contributed by atoms with Crippen molar-refractivity contribution in [1.29, 1.82) is 0 Å². The molecule has 2 rings (SSSR count). The summed E-state index contributed by atoms with van der Waals surface area (Å²) in [6.07, 6.45) is 1.11. The van der Waals surface area contributed by atoms with E-state index in [1.54, 1.807) is 12.1 Å². The first-order valence-electron chi connectivity index (χ1n) is 8.96. The number of benzene rings is 2. The van der Waals surface area contributed by atoms with Gasteiger partial charge >= 0.3 is 0 Å². The maximum atomic E-state index is 12.9. The fraction of sp³-hybridized carbons (Fsp3) is 0.381. The zero-order valence-electron chi connectivity index (χ0n) is 17.5. The van der Waals surface area contributed by atoms with Crippen molar-refractivity contribution in [2.75, 3.05) is 24.7 Å². The second-order valence-electron chi connectivity index (χ2n) is 7.10. The predicted molar refractivity (Wildman–Crippen MR) is 113 cm³/mol. The van der Waals surface area contributed by atoms with E-state index < -0.39 is 10.0 Å². The number of hydrogen-bond donors (Lipinski definition) is 1. The molecule has 0 saturated carbocycles. The summed E-state index contributed by atoms with van der Waals surface area (Å²) in [5.41, 5.74) is 5.19. The van der Waals surface area contributed by atoms with E-state index in [4.69, 9.17) is 4.74 Å². The van der Waals surface area contributed by atoms with Crippen molar-refractivity contribution >= 4 is 21.6 Å². The summed E-state index contributed by atoms with van der Waals surface area (Å²) in [5, 5.41) is 2.99. The lowest BCUT2D eigenvalue weighted by Gasteiger charge is -2.21. The topological polar surface area (TPSA) is 75.7 Å². The summed E-state index contributed by atoms with van der Waals surface area (Å²) < 4.78 is 30.1. The van der Waals surface area contributed by atoms with Gasteiger partial charge in [-0.25, -0.2) is 8.42 Å². The van der Waals surface area contributed by atoms with Crippen LogP contribution in [0.5, 0.6) is 5.75 Å². The molecule has 1 amide bonds. The lowest BCUT2D eigenvalue weighted by Crippen LogP contribution is -2.29. The average Bonchev–Trinajstić information content (AvgIpc) is 2.62. The van der Waals surface area contributed by atoms with Crippen molar-refractivity contribution in [2.45, 2.75) is 33.7 Å². The minimum atomic E-state index is -3.44. The Morgan fingerprint density at radius 1 is 1.07 bits per heavy atom. The van der Waals surface area contributed by atoms with E-state index in [2.05, 4.69) is 24.4 Å². The fourth-order valence-electron chi connectivity index (χ4n) is 3.06. The summed E-state index contributed by atoms with van der Waals surface area (Å²) in [6.45, 7) is 8.05. The Kier molecular flexibility index (Phi) is 6.39. The van der Waals surface area contributed by atoms with Gasteiger partial charge in [-0.05, 0) is 68.1 Å². The number of aryl methyl sites for hydroxylation is 3. The molecular formula is C21H28N2O4S. The van der Waals surface area contributed by atoms with Crippen LogP contribution in [0.4, 0.5) is 5.69 Å². The molecule has 7 heteroatoms. The predicted octanol–water partition coefficient (Wildman–Crippen LogP) is 3.51. The Morgan fingerprint density at radius 2 is 1.68 bits per heavy atom. The molecule has 1 atom stereocenters. The summed E-state index contributed by atoms with van der Waals surface area (Å²) >= 11 is 0. The highest BCUT2D eigenvalue weighted by Crippen LogP contribution is 2.27. The molecular weight excluding hydrogens is 376 g/mol. The highest BCUT2D eigenvalue weighted by Gasteiger charge is 2.20. The summed E-state index contributed by atoms with van der Waals surface area (Å²) in [4.78, 5) is 12.9. The van der Waals surface area contributed by atoms with E-state index in [-0.39, 0.29) is 17.5 Å². The number of carbonyl (C=O) groups is 1. The minimum Gasteiger partial charge on any atom is -0.496 e. The van der Waals surface area contributed by atoms with Crippen molar-refractivity contribution < 1.29 is 17.9 Å². The van der Waals surface area contributed by atoms with Gasteiger partial charge in [0.05, 0.1) is 30.7 Å². The fourth-order valence-corrected chi connectivity index (χ4v) is 3.56. The molecule has 0 aliphatic carbocycles. The van der Waals surface area contributed by atoms with E-state index in [0.717, 1.165) is 27.3 Å². The van der Waals surface area contributed by atoms with Crippen LogP contribution >= 0.6 is 0 Å². The number of hydrogen-bond acceptors (Lipinski definition) is 4. The molecule has 6 nitrogen and oxygen atoms in total. The highest BCUT2D eigenvalue weighted by molar-refractivity contribution is 7.92. The van der Waals surface area contributed by atoms with E-state index in [1.165, 1.54) is 25.8 Å². The van der Waals surface area contributed by atoms with Gasteiger partial charge in [0.25, 0.3) is 5.91 Å². The quantitative estimate of drug-likeness (QED) is 0.799. The molecule has 152 valence electrons. The number of sulfonamides is 1. The van der Waals surface area contributed by atoms with Crippen molar-refractivity contribution in [1.82, 2.24) is 5.32 Å². The van der Waals surface area contributed by atoms with Crippen molar-refractivity contribution in [2.24, 2.45) is 0 Å². The van der Waals surface area contributed by atoms with Gasteiger partial charge in [0.15, 0.2) is 0 Å². The average molecular weight is 405 g/mol. The molecule has 0 bridgehead atoms. The third-order valence-electron chi connectivity index (χ3n) is 4.99. The lowest BCUT2D eigenvalue weighted by atomic mass is 9.96.